The first-order valence-electron chi connectivity index (χ1n) is 2.12. The molecule has 0 aliphatic carbocycles. The van der Waals surface area contributed by atoms with Gasteiger partial charge in [-0.15, -0.1) is 0 Å². The Morgan fingerprint density at radius 2 is 2.43 bits per heavy atom. The molecule has 0 aliphatic heterocycles. The SMILES string of the molecule is N#CCCCNI. The van der Waals surface area contributed by atoms with Gasteiger partial charge in [-0.25, -0.2) is 0 Å². The van der Waals surface area contributed by atoms with Crippen LogP contribution in [0.5, 0.6) is 0 Å². The van der Waals surface area contributed by atoms with E-state index in [2.05, 4.69) is 32.5 Å². The zero-order chi connectivity index (χ0) is 5.54. The third kappa shape index (κ3) is 6.18. The Labute approximate surface area is 57.4 Å². The van der Waals surface area contributed by atoms with Gasteiger partial charge in [-0.2, -0.15) is 5.26 Å². The summed E-state index contributed by atoms with van der Waals surface area (Å²) in [6, 6.07) is 2.06. The van der Waals surface area contributed by atoms with E-state index in [0.717, 1.165) is 13.0 Å². The van der Waals surface area contributed by atoms with Crippen LogP contribution in [0, 0.1) is 11.3 Å². The number of hydrogen-bond acceptors (Lipinski definition) is 2. The van der Waals surface area contributed by atoms with Crippen LogP contribution in [0.3, 0.4) is 0 Å². The summed E-state index contributed by atoms with van der Waals surface area (Å²) in [6.07, 6.45) is 1.62. The highest BCUT2D eigenvalue weighted by Gasteiger charge is 1.79. The normalized spacial score (nSPS) is 8.00. The molecule has 7 heavy (non-hydrogen) atoms. The Hall–Kier alpha value is 0.180. The molecule has 0 amide bonds. The summed E-state index contributed by atoms with van der Waals surface area (Å²) in [7, 11) is 0. The molecule has 0 aromatic heterocycles. The summed E-state index contributed by atoms with van der Waals surface area (Å²) in [6.45, 7) is 0.939. The van der Waals surface area contributed by atoms with Crippen LogP contribution in [-0.4, -0.2) is 6.54 Å². The van der Waals surface area contributed by atoms with E-state index in [4.69, 9.17) is 5.26 Å². The summed E-state index contributed by atoms with van der Waals surface area (Å²) in [4.78, 5) is 0. The molecule has 0 aliphatic rings. The molecule has 0 saturated heterocycles. The van der Waals surface area contributed by atoms with Gasteiger partial charge in [0.1, 0.15) is 0 Å². The van der Waals surface area contributed by atoms with E-state index in [9.17, 15) is 0 Å². The average molecular weight is 210 g/mol. The fourth-order valence-corrected chi connectivity index (χ4v) is 0.616. The Morgan fingerprint density at radius 1 is 1.71 bits per heavy atom. The zero-order valence-electron chi connectivity index (χ0n) is 3.95. The minimum Gasteiger partial charge on any atom is -0.261 e. The van der Waals surface area contributed by atoms with Crippen LogP contribution in [0.15, 0.2) is 0 Å². The number of rotatable bonds is 3. The van der Waals surface area contributed by atoms with Crippen molar-refractivity contribution in [2.45, 2.75) is 12.8 Å². The lowest BCUT2D eigenvalue weighted by Crippen LogP contribution is -1.97. The topological polar surface area (TPSA) is 35.8 Å². The molecule has 0 atom stereocenters. The maximum Gasteiger partial charge on any atom is 0.0622 e. The Balaban J connectivity index is 2.60. The molecule has 2 nitrogen and oxygen atoms in total. The summed E-state index contributed by atoms with van der Waals surface area (Å²) < 4.78 is 2.92. The van der Waals surface area contributed by atoms with Gasteiger partial charge in [0, 0.05) is 35.8 Å². The van der Waals surface area contributed by atoms with Gasteiger partial charge >= 0.3 is 0 Å². The summed E-state index contributed by atoms with van der Waals surface area (Å²) >= 11 is 2.07. The molecule has 0 radical (unpaired) electrons. The van der Waals surface area contributed by atoms with Gasteiger partial charge < -0.3 is 0 Å². The van der Waals surface area contributed by atoms with Crippen LogP contribution >= 0.6 is 22.9 Å². The van der Waals surface area contributed by atoms with E-state index in [0.29, 0.717) is 6.42 Å². The van der Waals surface area contributed by atoms with Gasteiger partial charge in [0.05, 0.1) is 6.07 Å². The second-order valence-electron chi connectivity index (χ2n) is 1.15. The van der Waals surface area contributed by atoms with Crippen LogP contribution in [0.4, 0.5) is 0 Å². The first-order chi connectivity index (χ1) is 3.41. The lowest BCUT2D eigenvalue weighted by atomic mass is 10.3. The highest BCUT2D eigenvalue weighted by molar-refractivity contribution is 14.1. The van der Waals surface area contributed by atoms with E-state index in [-0.39, 0.29) is 0 Å². The van der Waals surface area contributed by atoms with E-state index in [1.54, 1.807) is 0 Å². The largest absolute Gasteiger partial charge is 0.261 e. The van der Waals surface area contributed by atoms with Crippen molar-refractivity contribution in [2.75, 3.05) is 6.54 Å². The molecule has 0 unspecified atom stereocenters. The van der Waals surface area contributed by atoms with Gasteiger partial charge in [-0.3, -0.25) is 3.53 Å². The van der Waals surface area contributed by atoms with Crippen molar-refractivity contribution in [3.8, 4) is 6.07 Å². The maximum absolute atomic E-state index is 8.01. The second-order valence-corrected chi connectivity index (χ2v) is 1.91. The van der Waals surface area contributed by atoms with Gasteiger partial charge in [-0.1, -0.05) is 0 Å². The van der Waals surface area contributed by atoms with E-state index in [1.165, 1.54) is 0 Å². The maximum atomic E-state index is 8.01. The average Bonchev–Trinajstić information content (AvgIpc) is 1.69. The number of nitriles is 1. The van der Waals surface area contributed by atoms with E-state index >= 15 is 0 Å². The van der Waals surface area contributed by atoms with Crippen molar-refractivity contribution in [3.05, 3.63) is 0 Å². The van der Waals surface area contributed by atoms with Crippen molar-refractivity contribution in [1.82, 2.24) is 3.53 Å². The number of nitrogens with one attached hydrogen (secondary N) is 1. The Morgan fingerprint density at radius 3 is 2.86 bits per heavy atom. The first kappa shape index (κ1) is 7.18. The standard InChI is InChI=1S/C4H7IN2/c5-7-4-2-1-3-6/h7H,1-2,4H2. The van der Waals surface area contributed by atoms with Gasteiger partial charge in [0.2, 0.25) is 0 Å². The fourth-order valence-electron chi connectivity index (χ4n) is 0.234. The van der Waals surface area contributed by atoms with Crippen LogP contribution < -0.4 is 3.53 Å². The van der Waals surface area contributed by atoms with E-state index < -0.39 is 0 Å². The minimum absolute atomic E-state index is 0.663. The third-order valence-electron chi connectivity index (χ3n) is 0.560. The Bertz CT molecular complexity index is 66.6. The molecule has 0 rings (SSSR count). The highest BCUT2D eigenvalue weighted by Crippen LogP contribution is 1.83. The van der Waals surface area contributed by atoms with Crippen LogP contribution in [0.2, 0.25) is 0 Å². The molecular weight excluding hydrogens is 203 g/mol. The summed E-state index contributed by atoms with van der Waals surface area (Å²) in [5, 5.41) is 8.01. The van der Waals surface area contributed by atoms with Gasteiger partial charge in [0.25, 0.3) is 0 Å². The van der Waals surface area contributed by atoms with E-state index in [1.807, 2.05) is 0 Å². The molecule has 0 saturated carbocycles. The number of nitrogens with zero attached hydrogens (tertiary/aromatic N) is 1. The smallest absolute Gasteiger partial charge is 0.0622 e. The molecule has 40 valence electrons. The summed E-state index contributed by atoms with van der Waals surface area (Å²) in [5.41, 5.74) is 0. The molecule has 3 heteroatoms. The van der Waals surface area contributed by atoms with Crippen molar-refractivity contribution in [2.24, 2.45) is 0 Å². The lowest BCUT2D eigenvalue weighted by molar-refractivity contribution is 0.838. The fraction of sp³-hybridized carbons (Fsp3) is 0.750. The monoisotopic (exact) mass is 210 g/mol. The van der Waals surface area contributed by atoms with Crippen LogP contribution in [0.1, 0.15) is 12.8 Å². The van der Waals surface area contributed by atoms with Crippen molar-refractivity contribution >= 4 is 22.9 Å². The second kappa shape index (κ2) is 6.18. The van der Waals surface area contributed by atoms with Gasteiger partial charge in [0.15, 0.2) is 0 Å². The molecule has 0 aromatic carbocycles. The first-order valence-corrected chi connectivity index (χ1v) is 3.20. The zero-order valence-corrected chi connectivity index (χ0v) is 6.10. The molecule has 1 N–H and O–H groups in total. The Kier molecular flexibility index (Phi) is 6.34. The highest BCUT2D eigenvalue weighted by atomic mass is 127. The number of halogens is 1. The third-order valence-corrected chi connectivity index (χ3v) is 1.10. The molecule has 0 heterocycles. The van der Waals surface area contributed by atoms with Crippen molar-refractivity contribution in [1.29, 1.82) is 5.26 Å². The quantitative estimate of drug-likeness (QED) is 0.432. The predicted octanol–water partition coefficient (Wildman–Crippen LogP) is 1.23. The lowest BCUT2D eigenvalue weighted by Gasteiger charge is -1.86. The predicted molar refractivity (Wildman–Crippen MR) is 36.9 cm³/mol. The van der Waals surface area contributed by atoms with Crippen LogP contribution in [0.25, 0.3) is 0 Å². The van der Waals surface area contributed by atoms with Crippen LogP contribution in [-0.2, 0) is 0 Å². The minimum atomic E-state index is 0.663. The molecule has 0 bridgehead atoms. The number of hydrogen-bond donors (Lipinski definition) is 1. The van der Waals surface area contributed by atoms with Crippen molar-refractivity contribution in [3.63, 3.8) is 0 Å². The molecule has 0 aromatic rings. The van der Waals surface area contributed by atoms with Gasteiger partial charge in [-0.05, 0) is 6.42 Å². The molecular formula is C4H7IN2. The molecule has 0 spiro atoms. The molecule has 0 fully saturated rings. The van der Waals surface area contributed by atoms with Crippen molar-refractivity contribution < 1.29 is 0 Å². The number of unbranched alkanes of at least 4 members (excludes halogenated alkanes) is 1. The summed E-state index contributed by atoms with van der Waals surface area (Å²) in [5.74, 6) is 0.